The number of anilines is 1. The van der Waals surface area contributed by atoms with Crippen molar-refractivity contribution in [3.63, 3.8) is 0 Å². The van der Waals surface area contributed by atoms with E-state index >= 15 is 0 Å². The summed E-state index contributed by atoms with van der Waals surface area (Å²) >= 11 is 9.60. The molecule has 1 aliphatic heterocycles. The van der Waals surface area contributed by atoms with Gasteiger partial charge in [0.05, 0.1) is 12.2 Å². The highest BCUT2D eigenvalue weighted by atomic mass is 79.9. The first-order valence-electron chi connectivity index (χ1n) is 6.11. The maximum Gasteiger partial charge on any atom is 0.265 e. The number of benzene rings is 2. The van der Waals surface area contributed by atoms with Crippen LogP contribution in [0.2, 0.25) is 5.02 Å². The Hall–Kier alpha value is -1.52. The van der Waals surface area contributed by atoms with Gasteiger partial charge in [-0.05, 0) is 29.8 Å². The van der Waals surface area contributed by atoms with E-state index < -0.39 is 0 Å². The first kappa shape index (κ1) is 13.5. The molecule has 3 nitrogen and oxygen atoms in total. The van der Waals surface area contributed by atoms with Crippen LogP contribution in [0.15, 0.2) is 46.9 Å². The van der Waals surface area contributed by atoms with Crippen LogP contribution in [0.4, 0.5) is 5.69 Å². The van der Waals surface area contributed by atoms with Crippen molar-refractivity contribution in [3.8, 4) is 5.75 Å². The molecular weight excluding hydrogens is 342 g/mol. The Morgan fingerprint density at radius 3 is 2.85 bits per heavy atom. The van der Waals surface area contributed by atoms with Crippen LogP contribution < -0.4 is 9.64 Å². The van der Waals surface area contributed by atoms with Gasteiger partial charge in [0.25, 0.3) is 5.91 Å². The molecular formula is C15H11BrClNO2. The molecule has 0 saturated heterocycles. The van der Waals surface area contributed by atoms with Gasteiger partial charge in [0.1, 0.15) is 5.75 Å². The Morgan fingerprint density at radius 1 is 1.25 bits per heavy atom. The summed E-state index contributed by atoms with van der Waals surface area (Å²) in [7, 11) is 0. The molecule has 0 spiro atoms. The molecule has 0 bridgehead atoms. The van der Waals surface area contributed by atoms with Crippen molar-refractivity contribution < 1.29 is 9.53 Å². The van der Waals surface area contributed by atoms with E-state index in [4.69, 9.17) is 16.3 Å². The summed E-state index contributed by atoms with van der Waals surface area (Å²) in [5.41, 5.74) is 1.68. The number of hydrogen-bond acceptors (Lipinski definition) is 2. The molecule has 2 aromatic carbocycles. The number of carbonyl (C=O) groups excluding carboxylic acids is 1. The number of nitrogens with zero attached hydrogens (tertiary/aromatic N) is 1. The smallest absolute Gasteiger partial charge is 0.265 e. The van der Waals surface area contributed by atoms with Gasteiger partial charge < -0.3 is 9.64 Å². The first-order chi connectivity index (χ1) is 9.65. The van der Waals surface area contributed by atoms with Crippen molar-refractivity contribution >= 4 is 39.1 Å². The molecule has 1 heterocycles. The zero-order valence-corrected chi connectivity index (χ0v) is 12.8. The average Bonchev–Trinajstić information content (AvgIpc) is 2.44. The molecule has 1 amide bonds. The van der Waals surface area contributed by atoms with E-state index in [1.807, 2.05) is 42.5 Å². The normalized spacial score (nSPS) is 13.9. The Balaban J connectivity index is 1.95. The van der Waals surface area contributed by atoms with Crippen LogP contribution >= 0.6 is 27.5 Å². The number of amides is 1. The van der Waals surface area contributed by atoms with Crippen LogP contribution in [0.5, 0.6) is 5.75 Å². The quantitative estimate of drug-likeness (QED) is 0.817. The molecule has 2 aromatic rings. The number of fused-ring (bicyclic) bond motifs is 1. The van der Waals surface area contributed by atoms with Gasteiger partial charge in [0, 0.05) is 9.50 Å². The van der Waals surface area contributed by atoms with Crippen molar-refractivity contribution in [2.24, 2.45) is 0 Å². The van der Waals surface area contributed by atoms with Crippen molar-refractivity contribution in [1.82, 2.24) is 0 Å². The summed E-state index contributed by atoms with van der Waals surface area (Å²) < 4.78 is 6.34. The average molecular weight is 353 g/mol. The summed E-state index contributed by atoms with van der Waals surface area (Å²) in [5.74, 6) is 0.656. The molecule has 20 heavy (non-hydrogen) atoms. The minimum atomic E-state index is -0.0670. The number of carbonyl (C=O) groups is 1. The van der Waals surface area contributed by atoms with Gasteiger partial charge in [-0.3, -0.25) is 4.79 Å². The van der Waals surface area contributed by atoms with E-state index in [-0.39, 0.29) is 12.5 Å². The molecule has 0 unspecified atom stereocenters. The fraction of sp³-hybridized carbons (Fsp3) is 0.133. The Bertz CT molecular complexity index is 675. The van der Waals surface area contributed by atoms with E-state index in [0.717, 1.165) is 21.5 Å². The lowest BCUT2D eigenvalue weighted by Gasteiger charge is -2.29. The number of para-hydroxylation sites is 2. The third-order valence-electron chi connectivity index (χ3n) is 3.15. The monoisotopic (exact) mass is 351 g/mol. The van der Waals surface area contributed by atoms with E-state index in [9.17, 15) is 4.79 Å². The van der Waals surface area contributed by atoms with Crippen LogP contribution in [0.1, 0.15) is 5.56 Å². The van der Waals surface area contributed by atoms with Crippen molar-refractivity contribution in [3.05, 3.63) is 57.5 Å². The summed E-state index contributed by atoms with van der Waals surface area (Å²) in [6.07, 6.45) is 0. The topological polar surface area (TPSA) is 29.5 Å². The van der Waals surface area contributed by atoms with Gasteiger partial charge in [0.2, 0.25) is 0 Å². The van der Waals surface area contributed by atoms with Crippen LogP contribution in [0, 0.1) is 0 Å². The summed E-state index contributed by atoms with van der Waals surface area (Å²) in [5, 5.41) is 0.635. The van der Waals surface area contributed by atoms with Crippen molar-refractivity contribution in [2.75, 3.05) is 11.5 Å². The zero-order valence-electron chi connectivity index (χ0n) is 10.5. The number of hydrogen-bond donors (Lipinski definition) is 0. The van der Waals surface area contributed by atoms with Gasteiger partial charge in [-0.1, -0.05) is 45.7 Å². The molecule has 3 rings (SSSR count). The summed E-state index contributed by atoms with van der Waals surface area (Å²) in [6, 6.07) is 13.2. The highest BCUT2D eigenvalue weighted by Gasteiger charge is 2.25. The largest absolute Gasteiger partial charge is 0.482 e. The predicted molar refractivity (Wildman–Crippen MR) is 82.3 cm³/mol. The van der Waals surface area contributed by atoms with E-state index in [0.29, 0.717) is 11.6 Å². The molecule has 5 heteroatoms. The molecule has 0 radical (unpaired) electrons. The van der Waals surface area contributed by atoms with Gasteiger partial charge in [-0.25, -0.2) is 0 Å². The standard InChI is InChI=1S/C15H11BrClNO2/c16-11-6-5-10(12(17)7-11)8-18-13-3-1-2-4-14(13)20-9-15(18)19/h1-7H,8-9H2. The summed E-state index contributed by atoms with van der Waals surface area (Å²) in [4.78, 5) is 13.8. The van der Waals surface area contributed by atoms with Crippen LogP contribution in [-0.4, -0.2) is 12.5 Å². The van der Waals surface area contributed by atoms with Gasteiger partial charge >= 0.3 is 0 Å². The summed E-state index contributed by atoms with van der Waals surface area (Å²) in [6.45, 7) is 0.497. The second-order valence-electron chi connectivity index (χ2n) is 4.47. The number of ether oxygens (including phenoxy) is 1. The lowest BCUT2D eigenvalue weighted by molar-refractivity contribution is -0.121. The fourth-order valence-electron chi connectivity index (χ4n) is 2.15. The molecule has 102 valence electrons. The number of halogens is 2. The van der Waals surface area contributed by atoms with Gasteiger partial charge in [-0.15, -0.1) is 0 Å². The molecule has 0 fully saturated rings. The minimum Gasteiger partial charge on any atom is -0.482 e. The second kappa shape index (κ2) is 5.46. The fourth-order valence-corrected chi connectivity index (χ4v) is 2.88. The van der Waals surface area contributed by atoms with Crippen molar-refractivity contribution in [1.29, 1.82) is 0 Å². The maximum absolute atomic E-state index is 12.1. The molecule has 0 aromatic heterocycles. The van der Waals surface area contributed by atoms with Crippen LogP contribution in [0.25, 0.3) is 0 Å². The number of rotatable bonds is 2. The van der Waals surface area contributed by atoms with Gasteiger partial charge in [-0.2, -0.15) is 0 Å². The van der Waals surface area contributed by atoms with Crippen LogP contribution in [0.3, 0.4) is 0 Å². The van der Waals surface area contributed by atoms with Gasteiger partial charge in [0.15, 0.2) is 6.61 Å². The van der Waals surface area contributed by atoms with E-state index in [1.54, 1.807) is 4.90 Å². The zero-order chi connectivity index (χ0) is 14.1. The lowest BCUT2D eigenvalue weighted by atomic mass is 10.1. The van der Waals surface area contributed by atoms with Crippen molar-refractivity contribution in [2.45, 2.75) is 6.54 Å². The third-order valence-corrected chi connectivity index (χ3v) is 4.00. The van der Waals surface area contributed by atoms with Crippen LogP contribution in [-0.2, 0) is 11.3 Å². The van der Waals surface area contributed by atoms with E-state index in [1.165, 1.54) is 0 Å². The Morgan fingerprint density at radius 2 is 2.05 bits per heavy atom. The first-order valence-corrected chi connectivity index (χ1v) is 7.28. The Kier molecular flexibility index (Phi) is 3.68. The molecule has 0 saturated carbocycles. The lowest BCUT2D eigenvalue weighted by Crippen LogP contribution is -2.38. The molecule has 1 aliphatic rings. The molecule has 0 aliphatic carbocycles. The molecule has 0 N–H and O–H groups in total. The Labute approximate surface area is 130 Å². The minimum absolute atomic E-state index is 0.0607. The predicted octanol–water partition coefficient (Wildman–Crippen LogP) is 4.03. The second-order valence-corrected chi connectivity index (χ2v) is 5.79. The highest BCUT2D eigenvalue weighted by molar-refractivity contribution is 9.10. The highest BCUT2D eigenvalue weighted by Crippen LogP contribution is 2.33. The molecule has 0 atom stereocenters. The third kappa shape index (κ3) is 2.53. The SMILES string of the molecule is O=C1COc2ccccc2N1Cc1ccc(Br)cc1Cl. The maximum atomic E-state index is 12.1. The van der Waals surface area contributed by atoms with E-state index in [2.05, 4.69) is 15.9 Å².